The molecule has 0 spiro atoms. The molecule has 1 N–H and O–H groups in total. The highest BCUT2D eigenvalue weighted by Gasteiger charge is 2.07. The molecule has 0 radical (unpaired) electrons. The van der Waals surface area contributed by atoms with Crippen LogP contribution in [0, 0.1) is 0 Å². The minimum atomic E-state index is -0.241. The van der Waals surface area contributed by atoms with E-state index >= 15 is 0 Å². The number of pyridine rings is 1. The van der Waals surface area contributed by atoms with E-state index in [4.69, 9.17) is 34.8 Å². The van der Waals surface area contributed by atoms with Crippen LogP contribution in [0.5, 0.6) is 0 Å². The molecule has 0 aliphatic heterocycles. The third-order valence-corrected chi connectivity index (χ3v) is 3.25. The number of carbonyl (C=O) groups is 1. The number of benzene rings is 1. The molecule has 1 aromatic heterocycles. The Morgan fingerprint density at radius 3 is 2.58 bits per heavy atom. The number of amides is 1. The van der Waals surface area contributed by atoms with E-state index in [1.165, 1.54) is 6.20 Å². The quantitative estimate of drug-likeness (QED) is 0.871. The molecule has 19 heavy (non-hydrogen) atoms. The van der Waals surface area contributed by atoms with Crippen molar-refractivity contribution in [2.75, 3.05) is 0 Å². The second-order valence-electron chi connectivity index (χ2n) is 3.79. The van der Waals surface area contributed by atoms with Gasteiger partial charge in [0.2, 0.25) is 0 Å². The van der Waals surface area contributed by atoms with Crippen LogP contribution in [0.4, 0.5) is 0 Å². The molecular formula is C13H9Cl3N2O. The monoisotopic (exact) mass is 314 g/mol. The Balaban J connectivity index is 2.02. The van der Waals surface area contributed by atoms with Crippen LogP contribution in [0.3, 0.4) is 0 Å². The Bertz CT molecular complexity index is 599. The van der Waals surface area contributed by atoms with Crippen molar-refractivity contribution < 1.29 is 4.79 Å². The molecule has 0 atom stereocenters. The molecular weight excluding hydrogens is 307 g/mol. The van der Waals surface area contributed by atoms with Crippen molar-refractivity contribution in [2.24, 2.45) is 0 Å². The maximum atomic E-state index is 11.8. The molecule has 0 bridgehead atoms. The van der Waals surface area contributed by atoms with Crippen LogP contribution in [0.15, 0.2) is 36.5 Å². The van der Waals surface area contributed by atoms with E-state index in [0.717, 1.165) is 5.56 Å². The van der Waals surface area contributed by atoms with Crippen LogP contribution in [-0.2, 0) is 6.54 Å². The fourth-order valence-electron chi connectivity index (χ4n) is 1.45. The number of carbonyl (C=O) groups excluding carboxylic acids is 1. The topological polar surface area (TPSA) is 42.0 Å². The fourth-order valence-corrected chi connectivity index (χ4v) is 2.04. The maximum absolute atomic E-state index is 11.8. The minimum Gasteiger partial charge on any atom is -0.348 e. The van der Waals surface area contributed by atoms with Gasteiger partial charge >= 0.3 is 0 Å². The van der Waals surface area contributed by atoms with Crippen LogP contribution < -0.4 is 5.32 Å². The van der Waals surface area contributed by atoms with Crippen molar-refractivity contribution in [1.82, 2.24) is 10.3 Å². The van der Waals surface area contributed by atoms with Gasteiger partial charge in [0.25, 0.3) is 5.91 Å². The van der Waals surface area contributed by atoms with Gasteiger partial charge in [-0.25, -0.2) is 4.98 Å². The van der Waals surface area contributed by atoms with Crippen molar-refractivity contribution in [3.63, 3.8) is 0 Å². The molecule has 0 fully saturated rings. The van der Waals surface area contributed by atoms with Crippen LogP contribution in [0.25, 0.3) is 0 Å². The van der Waals surface area contributed by atoms with E-state index in [2.05, 4.69) is 10.3 Å². The molecule has 98 valence electrons. The lowest BCUT2D eigenvalue weighted by Gasteiger charge is -2.07. The molecule has 2 rings (SSSR count). The molecule has 0 saturated carbocycles. The lowest BCUT2D eigenvalue weighted by Crippen LogP contribution is -2.23. The number of nitrogens with zero attached hydrogens (tertiary/aromatic N) is 1. The molecule has 0 aliphatic carbocycles. The second-order valence-corrected chi connectivity index (χ2v) is 5.02. The summed E-state index contributed by atoms with van der Waals surface area (Å²) < 4.78 is 0. The summed E-state index contributed by atoms with van der Waals surface area (Å²) in [6.07, 6.45) is 1.42. The van der Waals surface area contributed by atoms with E-state index in [9.17, 15) is 4.79 Å². The van der Waals surface area contributed by atoms with Crippen molar-refractivity contribution in [3.05, 3.63) is 62.9 Å². The molecule has 0 aliphatic rings. The first-order chi connectivity index (χ1) is 9.06. The summed E-state index contributed by atoms with van der Waals surface area (Å²) in [4.78, 5) is 15.7. The van der Waals surface area contributed by atoms with E-state index in [0.29, 0.717) is 27.3 Å². The van der Waals surface area contributed by atoms with Gasteiger partial charge < -0.3 is 5.32 Å². The van der Waals surface area contributed by atoms with Gasteiger partial charge in [0, 0.05) is 22.8 Å². The van der Waals surface area contributed by atoms with Crippen LogP contribution in [0.1, 0.15) is 15.9 Å². The predicted molar refractivity (Wildman–Crippen MR) is 76.9 cm³/mol. The Morgan fingerprint density at radius 1 is 1.16 bits per heavy atom. The number of halogens is 3. The van der Waals surface area contributed by atoms with Crippen LogP contribution in [-0.4, -0.2) is 10.9 Å². The lowest BCUT2D eigenvalue weighted by molar-refractivity contribution is 0.0950. The minimum absolute atomic E-state index is 0.241. The molecule has 1 amide bonds. The van der Waals surface area contributed by atoms with Crippen molar-refractivity contribution in [2.45, 2.75) is 6.54 Å². The molecule has 1 heterocycles. The Morgan fingerprint density at radius 2 is 1.95 bits per heavy atom. The zero-order valence-corrected chi connectivity index (χ0v) is 11.9. The second kappa shape index (κ2) is 6.24. The molecule has 3 nitrogen and oxygen atoms in total. The Kier molecular flexibility index (Phi) is 4.64. The predicted octanol–water partition coefficient (Wildman–Crippen LogP) is 3.97. The zero-order valence-electron chi connectivity index (χ0n) is 9.66. The van der Waals surface area contributed by atoms with E-state index in [-0.39, 0.29) is 5.91 Å². The lowest BCUT2D eigenvalue weighted by atomic mass is 10.2. The molecule has 6 heteroatoms. The van der Waals surface area contributed by atoms with Crippen LogP contribution >= 0.6 is 34.8 Å². The number of hydrogen-bond acceptors (Lipinski definition) is 2. The third-order valence-electron chi connectivity index (χ3n) is 2.44. The normalized spacial score (nSPS) is 10.3. The smallest absolute Gasteiger partial charge is 0.253 e. The average Bonchev–Trinajstić information content (AvgIpc) is 2.38. The summed E-state index contributed by atoms with van der Waals surface area (Å²) in [6, 6.07) is 8.29. The highest BCUT2D eigenvalue weighted by atomic mass is 35.5. The third kappa shape index (κ3) is 3.83. The van der Waals surface area contributed by atoms with Crippen molar-refractivity contribution >= 4 is 40.7 Å². The SMILES string of the molecule is O=C(NCc1ccc(Cl)cc1Cl)c1ccc(Cl)nc1. The molecule has 0 saturated heterocycles. The van der Waals surface area contributed by atoms with Crippen molar-refractivity contribution in [1.29, 1.82) is 0 Å². The van der Waals surface area contributed by atoms with E-state index < -0.39 is 0 Å². The van der Waals surface area contributed by atoms with Crippen molar-refractivity contribution in [3.8, 4) is 0 Å². The zero-order chi connectivity index (χ0) is 13.8. The van der Waals surface area contributed by atoms with Gasteiger partial charge in [-0.3, -0.25) is 4.79 Å². The average molecular weight is 316 g/mol. The largest absolute Gasteiger partial charge is 0.348 e. The highest BCUT2D eigenvalue weighted by molar-refractivity contribution is 6.35. The summed E-state index contributed by atoms with van der Waals surface area (Å²) in [6.45, 7) is 0.317. The molecule has 1 aromatic carbocycles. The van der Waals surface area contributed by atoms with Crippen LogP contribution in [0.2, 0.25) is 15.2 Å². The summed E-state index contributed by atoms with van der Waals surface area (Å²) in [7, 11) is 0. The Labute approximate surface area is 125 Å². The van der Waals surface area contributed by atoms with Gasteiger partial charge in [-0.15, -0.1) is 0 Å². The number of hydrogen-bond donors (Lipinski definition) is 1. The summed E-state index contributed by atoms with van der Waals surface area (Å²) in [5.74, 6) is -0.241. The van der Waals surface area contributed by atoms with E-state index in [1.54, 1.807) is 30.3 Å². The number of aromatic nitrogens is 1. The first-order valence-electron chi connectivity index (χ1n) is 5.40. The van der Waals surface area contributed by atoms with Gasteiger partial charge in [0.05, 0.1) is 5.56 Å². The summed E-state index contributed by atoms with van der Waals surface area (Å²) in [5.41, 5.74) is 1.23. The first-order valence-corrected chi connectivity index (χ1v) is 6.53. The van der Waals surface area contributed by atoms with Gasteiger partial charge in [-0.2, -0.15) is 0 Å². The fraction of sp³-hybridized carbons (Fsp3) is 0.0769. The number of rotatable bonds is 3. The molecule has 0 unspecified atom stereocenters. The number of nitrogens with one attached hydrogen (secondary N) is 1. The van der Waals surface area contributed by atoms with Gasteiger partial charge in [0.1, 0.15) is 5.15 Å². The highest BCUT2D eigenvalue weighted by Crippen LogP contribution is 2.20. The van der Waals surface area contributed by atoms with Gasteiger partial charge in [-0.05, 0) is 29.8 Å². The Hall–Kier alpha value is -1.29. The van der Waals surface area contributed by atoms with Gasteiger partial charge in [0.15, 0.2) is 0 Å². The summed E-state index contributed by atoms with van der Waals surface area (Å²) in [5, 5.41) is 4.16. The maximum Gasteiger partial charge on any atom is 0.253 e. The summed E-state index contributed by atoms with van der Waals surface area (Å²) >= 11 is 17.5. The van der Waals surface area contributed by atoms with Gasteiger partial charge in [-0.1, -0.05) is 40.9 Å². The van der Waals surface area contributed by atoms with E-state index in [1.807, 2.05) is 0 Å². The first kappa shape index (κ1) is 14.1. The standard InChI is InChI=1S/C13H9Cl3N2O/c14-10-3-1-8(11(15)5-10)6-18-13(19)9-2-4-12(16)17-7-9/h1-5,7H,6H2,(H,18,19). The molecule has 2 aromatic rings.